The average Bonchev–Trinajstić information content (AvgIpc) is 3.25. The SMILES string of the molecule is CCOC(=O)C1CCN(C(=O)C2CCN(C(=O)C3CC(=O)N(c4ccccc4)C3)CC2)CC1. The van der Waals surface area contributed by atoms with Crippen molar-refractivity contribution in [1.82, 2.24) is 9.80 Å². The molecule has 1 atom stereocenters. The average molecular weight is 456 g/mol. The van der Waals surface area contributed by atoms with Crippen molar-refractivity contribution >= 4 is 29.4 Å². The summed E-state index contributed by atoms with van der Waals surface area (Å²) in [6.07, 6.45) is 2.82. The number of piperidine rings is 2. The maximum atomic E-state index is 13.1. The molecule has 33 heavy (non-hydrogen) atoms. The Bertz CT molecular complexity index is 873. The highest BCUT2D eigenvalue weighted by Crippen LogP contribution is 2.29. The number of hydrogen-bond donors (Lipinski definition) is 0. The number of anilines is 1. The summed E-state index contributed by atoms with van der Waals surface area (Å²) in [5.41, 5.74) is 0.828. The van der Waals surface area contributed by atoms with Gasteiger partial charge in [0, 0.05) is 50.7 Å². The molecular weight excluding hydrogens is 422 g/mol. The van der Waals surface area contributed by atoms with Crippen LogP contribution in [0, 0.1) is 17.8 Å². The van der Waals surface area contributed by atoms with Gasteiger partial charge in [0.15, 0.2) is 0 Å². The van der Waals surface area contributed by atoms with Gasteiger partial charge in [-0.3, -0.25) is 19.2 Å². The molecule has 1 unspecified atom stereocenters. The van der Waals surface area contributed by atoms with Crippen LogP contribution in [0.3, 0.4) is 0 Å². The lowest BCUT2D eigenvalue weighted by molar-refractivity contribution is -0.152. The van der Waals surface area contributed by atoms with Gasteiger partial charge in [0.25, 0.3) is 0 Å². The van der Waals surface area contributed by atoms with Crippen LogP contribution in [-0.2, 0) is 23.9 Å². The summed E-state index contributed by atoms with van der Waals surface area (Å²) in [7, 11) is 0. The molecule has 0 aromatic heterocycles. The minimum Gasteiger partial charge on any atom is -0.466 e. The van der Waals surface area contributed by atoms with Gasteiger partial charge in [-0.2, -0.15) is 0 Å². The topological polar surface area (TPSA) is 87.2 Å². The maximum absolute atomic E-state index is 13.1. The highest BCUT2D eigenvalue weighted by atomic mass is 16.5. The van der Waals surface area contributed by atoms with Crippen molar-refractivity contribution in [3.8, 4) is 0 Å². The third-order valence-electron chi connectivity index (χ3n) is 7.12. The molecule has 0 radical (unpaired) electrons. The van der Waals surface area contributed by atoms with E-state index in [2.05, 4.69) is 0 Å². The Kier molecular flexibility index (Phi) is 7.30. The van der Waals surface area contributed by atoms with Gasteiger partial charge in [-0.15, -0.1) is 0 Å². The summed E-state index contributed by atoms with van der Waals surface area (Å²) in [6.45, 7) is 4.86. The molecule has 3 amide bonds. The molecule has 178 valence electrons. The van der Waals surface area contributed by atoms with Gasteiger partial charge in [0.2, 0.25) is 17.7 Å². The second-order valence-electron chi connectivity index (χ2n) is 9.19. The van der Waals surface area contributed by atoms with E-state index in [-0.39, 0.29) is 47.9 Å². The second kappa shape index (κ2) is 10.4. The lowest BCUT2D eigenvalue weighted by Crippen LogP contribution is -2.48. The van der Waals surface area contributed by atoms with E-state index >= 15 is 0 Å². The van der Waals surface area contributed by atoms with Crippen LogP contribution in [0.2, 0.25) is 0 Å². The molecule has 0 saturated carbocycles. The molecule has 4 rings (SSSR count). The summed E-state index contributed by atoms with van der Waals surface area (Å²) in [6, 6.07) is 9.45. The number of carbonyl (C=O) groups excluding carboxylic acids is 4. The molecule has 0 spiro atoms. The fourth-order valence-electron chi connectivity index (χ4n) is 5.19. The van der Waals surface area contributed by atoms with E-state index in [0.29, 0.717) is 65.0 Å². The van der Waals surface area contributed by atoms with Crippen molar-refractivity contribution < 1.29 is 23.9 Å². The number of rotatable bonds is 5. The number of ether oxygens (including phenoxy) is 1. The molecule has 8 nitrogen and oxygen atoms in total. The number of esters is 1. The molecule has 0 bridgehead atoms. The summed E-state index contributed by atoms with van der Waals surface area (Å²) in [4.78, 5) is 55.8. The number of likely N-dealkylation sites (tertiary alicyclic amines) is 2. The number of amides is 3. The van der Waals surface area contributed by atoms with E-state index in [9.17, 15) is 19.2 Å². The second-order valence-corrected chi connectivity index (χ2v) is 9.19. The predicted molar refractivity (Wildman–Crippen MR) is 122 cm³/mol. The monoisotopic (exact) mass is 455 g/mol. The van der Waals surface area contributed by atoms with Crippen molar-refractivity contribution in [3.05, 3.63) is 30.3 Å². The number of carbonyl (C=O) groups is 4. The molecule has 8 heteroatoms. The normalized spacial score (nSPS) is 22.5. The molecule has 3 heterocycles. The van der Waals surface area contributed by atoms with Crippen molar-refractivity contribution in [3.63, 3.8) is 0 Å². The van der Waals surface area contributed by atoms with Crippen LogP contribution in [0.4, 0.5) is 5.69 Å². The molecule has 3 aliphatic heterocycles. The first-order valence-electron chi connectivity index (χ1n) is 12.1. The van der Waals surface area contributed by atoms with E-state index < -0.39 is 0 Å². The first kappa shape index (κ1) is 23.3. The van der Waals surface area contributed by atoms with Gasteiger partial charge in [0.05, 0.1) is 18.4 Å². The lowest BCUT2D eigenvalue weighted by Gasteiger charge is -2.37. The van der Waals surface area contributed by atoms with E-state index in [4.69, 9.17) is 4.74 Å². The zero-order valence-corrected chi connectivity index (χ0v) is 19.3. The summed E-state index contributed by atoms with van der Waals surface area (Å²) in [5, 5.41) is 0. The van der Waals surface area contributed by atoms with Gasteiger partial charge in [-0.25, -0.2) is 0 Å². The molecule has 1 aromatic carbocycles. The Hall–Kier alpha value is -2.90. The van der Waals surface area contributed by atoms with Crippen LogP contribution >= 0.6 is 0 Å². The van der Waals surface area contributed by atoms with Crippen molar-refractivity contribution in [2.75, 3.05) is 44.2 Å². The molecular formula is C25H33N3O5. The van der Waals surface area contributed by atoms with Crippen LogP contribution in [0.25, 0.3) is 0 Å². The van der Waals surface area contributed by atoms with Crippen LogP contribution in [0.5, 0.6) is 0 Å². The zero-order chi connectivity index (χ0) is 23.4. The predicted octanol–water partition coefficient (Wildman–Crippen LogP) is 2.08. The molecule has 0 N–H and O–H groups in total. The maximum Gasteiger partial charge on any atom is 0.309 e. The number of hydrogen-bond acceptors (Lipinski definition) is 5. The minimum absolute atomic E-state index is 0.0166. The third-order valence-corrected chi connectivity index (χ3v) is 7.12. The number of benzene rings is 1. The van der Waals surface area contributed by atoms with Crippen molar-refractivity contribution in [2.45, 2.75) is 39.0 Å². The standard InChI is InChI=1S/C25H33N3O5/c1-2-33-25(32)19-10-14-26(15-11-19)23(30)18-8-12-27(13-9-18)24(31)20-16-22(29)28(17-20)21-6-4-3-5-7-21/h3-7,18-20H,2,8-17H2,1H3. The van der Waals surface area contributed by atoms with E-state index in [1.54, 1.807) is 11.8 Å². The van der Waals surface area contributed by atoms with E-state index in [0.717, 1.165) is 5.69 Å². The number of nitrogens with zero attached hydrogens (tertiary/aromatic N) is 3. The lowest BCUT2D eigenvalue weighted by atomic mass is 9.91. The Morgan fingerprint density at radius 3 is 1.97 bits per heavy atom. The van der Waals surface area contributed by atoms with E-state index in [1.165, 1.54) is 0 Å². The zero-order valence-electron chi connectivity index (χ0n) is 19.3. The molecule has 3 aliphatic rings. The Morgan fingerprint density at radius 2 is 1.39 bits per heavy atom. The van der Waals surface area contributed by atoms with Gasteiger partial charge in [-0.1, -0.05) is 18.2 Å². The Morgan fingerprint density at radius 1 is 0.848 bits per heavy atom. The highest BCUT2D eigenvalue weighted by molar-refractivity contribution is 6.00. The van der Waals surface area contributed by atoms with Gasteiger partial charge in [0.1, 0.15) is 0 Å². The first-order valence-corrected chi connectivity index (χ1v) is 12.1. The van der Waals surface area contributed by atoms with Crippen molar-refractivity contribution in [1.29, 1.82) is 0 Å². The summed E-state index contributed by atoms with van der Waals surface area (Å²) in [5.74, 6) is -0.550. The van der Waals surface area contributed by atoms with Crippen LogP contribution < -0.4 is 4.90 Å². The quantitative estimate of drug-likeness (QED) is 0.635. The van der Waals surface area contributed by atoms with Gasteiger partial charge >= 0.3 is 5.97 Å². The smallest absolute Gasteiger partial charge is 0.309 e. The summed E-state index contributed by atoms with van der Waals surface area (Å²) >= 11 is 0. The van der Waals surface area contributed by atoms with Gasteiger partial charge < -0.3 is 19.4 Å². The van der Waals surface area contributed by atoms with Crippen LogP contribution in [0.1, 0.15) is 39.0 Å². The minimum atomic E-state index is -0.327. The first-order chi connectivity index (χ1) is 16.0. The molecule has 3 fully saturated rings. The molecule has 1 aromatic rings. The Balaban J connectivity index is 1.24. The Labute approximate surface area is 194 Å². The van der Waals surface area contributed by atoms with Gasteiger partial charge in [-0.05, 0) is 44.7 Å². The fraction of sp³-hybridized carbons (Fsp3) is 0.600. The van der Waals surface area contributed by atoms with Crippen LogP contribution in [-0.4, -0.2) is 72.8 Å². The van der Waals surface area contributed by atoms with Crippen molar-refractivity contribution in [2.24, 2.45) is 17.8 Å². The molecule has 0 aliphatic carbocycles. The van der Waals surface area contributed by atoms with Crippen LogP contribution in [0.15, 0.2) is 30.3 Å². The fourth-order valence-corrected chi connectivity index (χ4v) is 5.19. The highest BCUT2D eigenvalue weighted by Gasteiger charge is 2.39. The molecule has 3 saturated heterocycles. The summed E-state index contributed by atoms with van der Waals surface area (Å²) < 4.78 is 5.10. The number of para-hydroxylation sites is 1. The van der Waals surface area contributed by atoms with E-state index in [1.807, 2.05) is 40.1 Å². The third kappa shape index (κ3) is 5.20. The largest absolute Gasteiger partial charge is 0.466 e.